The van der Waals surface area contributed by atoms with Crippen LogP contribution < -0.4 is 10.6 Å². The molecule has 1 aromatic rings. The molecule has 2 rings (SSSR count). The van der Waals surface area contributed by atoms with Crippen molar-refractivity contribution in [1.29, 1.82) is 0 Å². The molecule has 0 unspecified atom stereocenters. The van der Waals surface area contributed by atoms with Crippen molar-refractivity contribution in [1.82, 2.24) is 15.5 Å². The van der Waals surface area contributed by atoms with Crippen molar-refractivity contribution in [2.75, 3.05) is 20.1 Å². The second-order valence-corrected chi connectivity index (χ2v) is 7.73. The molecule has 1 aliphatic rings. The van der Waals surface area contributed by atoms with E-state index in [0.717, 1.165) is 18.5 Å². The van der Waals surface area contributed by atoms with Gasteiger partial charge in [0.25, 0.3) is 0 Å². The molecule has 2 amide bonds. The van der Waals surface area contributed by atoms with E-state index in [9.17, 15) is 9.59 Å². The number of nitrogens with one attached hydrogen (secondary N) is 2. The van der Waals surface area contributed by atoms with E-state index in [-0.39, 0.29) is 24.5 Å². The summed E-state index contributed by atoms with van der Waals surface area (Å²) in [6, 6.07) is 7.74. The highest BCUT2D eigenvalue weighted by atomic mass is 35.5. The van der Waals surface area contributed by atoms with Gasteiger partial charge in [0.2, 0.25) is 5.91 Å². The Morgan fingerprint density at radius 2 is 1.92 bits per heavy atom. The van der Waals surface area contributed by atoms with Crippen molar-refractivity contribution >= 4 is 23.6 Å². The molecule has 0 aromatic heterocycles. The standard InChI is InChI=1S/C18H26ClN3O3/c1-18(2,3)25-17(24)20-11-15(23)21-14-9-10-22(4)16(14)12-5-7-13(19)8-6-12/h5-8,14,16H,9-11H2,1-4H3,(H,20,24)(H,21,23)/t14-,16+/m0/s1. The molecule has 2 atom stereocenters. The fraction of sp³-hybridized carbons (Fsp3) is 0.556. The molecule has 138 valence electrons. The Balaban J connectivity index is 1.90. The SMILES string of the molecule is CN1CC[C@H](NC(=O)CNC(=O)OC(C)(C)C)[C@H]1c1ccc(Cl)cc1. The van der Waals surface area contributed by atoms with E-state index >= 15 is 0 Å². The van der Waals surface area contributed by atoms with Crippen molar-refractivity contribution in [3.8, 4) is 0 Å². The molecule has 1 fully saturated rings. The number of hydrogen-bond donors (Lipinski definition) is 2. The first-order valence-corrected chi connectivity index (χ1v) is 8.75. The van der Waals surface area contributed by atoms with Crippen LogP contribution >= 0.6 is 11.6 Å². The number of ether oxygens (including phenoxy) is 1. The first-order chi connectivity index (χ1) is 11.7. The molecule has 2 N–H and O–H groups in total. The van der Waals surface area contributed by atoms with Crippen LogP contribution in [0.4, 0.5) is 4.79 Å². The Bertz CT molecular complexity index is 613. The number of likely N-dealkylation sites (N-methyl/N-ethyl adjacent to an activating group) is 1. The number of carbonyl (C=O) groups is 2. The summed E-state index contributed by atoms with van der Waals surface area (Å²) in [7, 11) is 2.03. The highest BCUT2D eigenvalue weighted by Gasteiger charge is 2.34. The van der Waals surface area contributed by atoms with Crippen LogP contribution in [0.5, 0.6) is 0 Å². The molecule has 0 saturated carbocycles. The minimum Gasteiger partial charge on any atom is -0.444 e. The highest BCUT2D eigenvalue weighted by molar-refractivity contribution is 6.30. The number of nitrogens with zero attached hydrogens (tertiary/aromatic N) is 1. The lowest BCUT2D eigenvalue weighted by atomic mass is 10.0. The summed E-state index contributed by atoms with van der Waals surface area (Å²) in [4.78, 5) is 26.0. The van der Waals surface area contributed by atoms with Crippen LogP contribution in [0.25, 0.3) is 0 Å². The van der Waals surface area contributed by atoms with Crippen LogP contribution in [0.15, 0.2) is 24.3 Å². The monoisotopic (exact) mass is 367 g/mol. The zero-order valence-corrected chi connectivity index (χ0v) is 15.9. The minimum atomic E-state index is -0.597. The van der Waals surface area contributed by atoms with Gasteiger partial charge < -0.3 is 15.4 Å². The zero-order valence-electron chi connectivity index (χ0n) is 15.1. The number of carbonyl (C=O) groups excluding carboxylic acids is 2. The minimum absolute atomic E-state index is 0.0147. The molecule has 0 spiro atoms. The Morgan fingerprint density at radius 3 is 2.52 bits per heavy atom. The van der Waals surface area contributed by atoms with Gasteiger partial charge in [-0.3, -0.25) is 9.69 Å². The van der Waals surface area contributed by atoms with E-state index in [1.165, 1.54) is 0 Å². The lowest BCUT2D eigenvalue weighted by molar-refractivity contribution is -0.121. The predicted molar refractivity (Wildman–Crippen MR) is 97.6 cm³/mol. The van der Waals surface area contributed by atoms with Crippen molar-refractivity contribution in [3.05, 3.63) is 34.9 Å². The Kier molecular flexibility index (Phi) is 6.30. The second-order valence-electron chi connectivity index (χ2n) is 7.30. The normalized spacial score (nSPS) is 21.0. The van der Waals surface area contributed by atoms with Crippen molar-refractivity contribution in [3.63, 3.8) is 0 Å². The van der Waals surface area contributed by atoms with Crippen molar-refractivity contribution in [2.45, 2.75) is 44.9 Å². The van der Waals surface area contributed by atoms with Crippen LogP contribution in [-0.4, -0.2) is 48.7 Å². The number of alkyl carbamates (subject to hydrolysis) is 1. The van der Waals surface area contributed by atoms with Crippen LogP contribution in [0.2, 0.25) is 5.02 Å². The molecule has 0 bridgehead atoms. The molecule has 1 heterocycles. The third kappa shape index (κ3) is 5.90. The fourth-order valence-electron chi connectivity index (χ4n) is 2.97. The summed E-state index contributed by atoms with van der Waals surface area (Å²) < 4.78 is 5.13. The molecule has 25 heavy (non-hydrogen) atoms. The quantitative estimate of drug-likeness (QED) is 0.858. The maximum absolute atomic E-state index is 12.2. The third-order valence-electron chi connectivity index (χ3n) is 4.00. The second kappa shape index (κ2) is 8.06. The number of likely N-dealkylation sites (tertiary alicyclic amines) is 1. The predicted octanol–water partition coefficient (Wildman–Crippen LogP) is 2.73. The number of benzene rings is 1. The van der Waals surface area contributed by atoms with Gasteiger partial charge in [-0.05, 0) is 51.9 Å². The Labute approximate surface area is 153 Å². The molecule has 1 aliphatic heterocycles. The number of halogens is 1. The largest absolute Gasteiger partial charge is 0.444 e. The van der Waals surface area contributed by atoms with E-state index in [1.807, 2.05) is 31.3 Å². The molecule has 6 nitrogen and oxygen atoms in total. The van der Waals surface area contributed by atoms with Gasteiger partial charge in [0.1, 0.15) is 12.1 Å². The molecular formula is C18H26ClN3O3. The van der Waals surface area contributed by atoms with Gasteiger partial charge in [-0.1, -0.05) is 23.7 Å². The number of amides is 2. The van der Waals surface area contributed by atoms with Gasteiger partial charge in [0, 0.05) is 17.6 Å². The smallest absolute Gasteiger partial charge is 0.408 e. The first kappa shape index (κ1) is 19.5. The molecular weight excluding hydrogens is 342 g/mol. The van der Waals surface area contributed by atoms with Gasteiger partial charge in [0.05, 0.1) is 6.04 Å². The average molecular weight is 368 g/mol. The summed E-state index contributed by atoms with van der Waals surface area (Å²) in [5.41, 5.74) is 0.517. The molecule has 1 saturated heterocycles. The van der Waals surface area contributed by atoms with Gasteiger partial charge in [-0.15, -0.1) is 0 Å². The van der Waals surface area contributed by atoms with Crippen LogP contribution in [0.3, 0.4) is 0 Å². The van der Waals surface area contributed by atoms with E-state index in [4.69, 9.17) is 16.3 Å². The van der Waals surface area contributed by atoms with E-state index in [1.54, 1.807) is 20.8 Å². The molecule has 0 aliphatic carbocycles. The van der Waals surface area contributed by atoms with Crippen LogP contribution in [0, 0.1) is 0 Å². The third-order valence-corrected chi connectivity index (χ3v) is 4.25. The van der Waals surface area contributed by atoms with Gasteiger partial charge in [0.15, 0.2) is 0 Å². The highest BCUT2D eigenvalue weighted by Crippen LogP contribution is 2.31. The Morgan fingerprint density at radius 1 is 1.28 bits per heavy atom. The van der Waals surface area contributed by atoms with Gasteiger partial charge >= 0.3 is 6.09 Å². The van der Waals surface area contributed by atoms with Crippen LogP contribution in [-0.2, 0) is 9.53 Å². The molecule has 0 radical (unpaired) electrons. The fourth-order valence-corrected chi connectivity index (χ4v) is 3.10. The van der Waals surface area contributed by atoms with E-state index < -0.39 is 11.7 Å². The average Bonchev–Trinajstić information content (AvgIpc) is 2.85. The maximum atomic E-state index is 12.2. The maximum Gasteiger partial charge on any atom is 0.408 e. The first-order valence-electron chi connectivity index (χ1n) is 8.37. The summed E-state index contributed by atoms with van der Waals surface area (Å²) in [6.07, 6.45) is 0.252. The van der Waals surface area contributed by atoms with Crippen molar-refractivity contribution in [2.24, 2.45) is 0 Å². The van der Waals surface area contributed by atoms with Crippen LogP contribution in [0.1, 0.15) is 38.8 Å². The summed E-state index contributed by atoms with van der Waals surface area (Å²) >= 11 is 5.96. The Hall–Kier alpha value is -1.79. The van der Waals surface area contributed by atoms with E-state index in [2.05, 4.69) is 15.5 Å². The number of rotatable bonds is 4. The van der Waals surface area contributed by atoms with Gasteiger partial charge in [-0.2, -0.15) is 0 Å². The number of hydrogen-bond acceptors (Lipinski definition) is 4. The lowest BCUT2D eigenvalue weighted by Crippen LogP contribution is -2.45. The lowest BCUT2D eigenvalue weighted by Gasteiger charge is -2.26. The topological polar surface area (TPSA) is 70.7 Å². The van der Waals surface area contributed by atoms with E-state index in [0.29, 0.717) is 5.02 Å². The van der Waals surface area contributed by atoms with Crippen molar-refractivity contribution < 1.29 is 14.3 Å². The summed E-state index contributed by atoms with van der Waals surface area (Å²) in [5.74, 6) is -0.231. The molecule has 1 aromatic carbocycles. The van der Waals surface area contributed by atoms with Gasteiger partial charge in [-0.25, -0.2) is 4.79 Å². The summed E-state index contributed by atoms with van der Waals surface area (Å²) in [5, 5.41) is 6.18. The summed E-state index contributed by atoms with van der Waals surface area (Å²) in [6.45, 7) is 6.10. The molecule has 7 heteroatoms. The zero-order chi connectivity index (χ0) is 18.6.